The fourth-order valence-electron chi connectivity index (χ4n) is 1.97. The van der Waals surface area contributed by atoms with Gasteiger partial charge >= 0.3 is 0 Å². The van der Waals surface area contributed by atoms with Crippen LogP contribution in [0.1, 0.15) is 0 Å². The van der Waals surface area contributed by atoms with Crippen LogP contribution in [0.4, 0.5) is 5.69 Å². The third-order valence-corrected chi connectivity index (χ3v) is 2.72. The van der Waals surface area contributed by atoms with Gasteiger partial charge in [0.15, 0.2) is 0 Å². The Morgan fingerprint density at radius 1 is 1.13 bits per heavy atom. The zero-order valence-electron chi connectivity index (χ0n) is 8.38. The molecule has 15 heavy (non-hydrogen) atoms. The first kappa shape index (κ1) is 8.76. The van der Waals surface area contributed by atoms with Crippen molar-refractivity contribution < 1.29 is 0 Å². The van der Waals surface area contributed by atoms with Crippen LogP contribution in [0.15, 0.2) is 30.5 Å². The first-order valence-corrected chi connectivity index (χ1v) is 5.23. The van der Waals surface area contributed by atoms with E-state index in [4.69, 9.17) is 0 Å². The molecule has 0 bridgehead atoms. The Kier molecular flexibility index (Phi) is 2.08. The van der Waals surface area contributed by atoms with E-state index in [9.17, 15) is 0 Å². The van der Waals surface area contributed by atoms with E-state index >= 15 is 0 Å². The maximum Gasteiger partial charge on any atom is 0.132 e. The van der Waals surface area contributed by atoms with Crippen LogP contribution in [0, 0.1) is 0 Å². The lowest BCUT2D eigenvalue weighted by Crippen LogP contribution is -2.38. The summed E-state index contributed by atoms with van der Waals surface area (Å²) in [6.07, 6.45) is 2.15. The second kappa shape index (κ2) is 3.56. The molecular formula is C11H14N4. The SMILES string of the molecule is c1cc(NC2NCCN2)c2cc[nH]c2c1. The molecule has 1 aliphatic heterocycles. The van der Waals surface area contributed by atoms with Gasteiger partial charge in [-0.2, -0.15) is 0 Å². The summed E-state index contributed by atoms with van der Waals surface area (Å²) in [6, 6.07) is 8.32. The molecule has 2 aromatic rings. The number of nitrogens with one attached hydrogen (secondary N) is 4. The molecule has 0 atom stereocenters. The van der Waals surface area contributed by atoms with E-state index in [1.165, 1.54) is 5.39 Å². The minimum absolute atomic E-state index is 0.186. The van der Waals surface area contributed by atoms with Crippen molar-refractivity contribution in [1.29, 1.82) is 0 Å². The van der Waals surface area contributed by atoms with E-state index in [2.05, 4.69) is 45.2 Å². The summed E-state index contributed by atoms with van der Waals surface area (Å²) >= 11 is 0. The number of hydrogen-bond donors (Lipinski definition) is 4. The molecule has 0 aliphatic carbocycles. The highest BCUT2D eigenvalue weighted by molar-refractivity contribution is 5.91. The third-order valence-electron chi connectivity index (χ3n) is 2.72. The van der Waals surface area contributed by atoms with Gasteiger partial charge in [0.2, 0.25) is 0 Å². The van der Waals surface area contributed by atoms with Gasteiger partial charge in [-0.05, 0) is 18.2 Å². The average molecular weight is 202 g/mol. The summed E-state index contributed by atoms with van der Waals surface area (Å²) in [5.41, 5.74) is 2.32. The van der Waals surface area contributed by atoms with Gasteiger partial charge in [-0.15, -0.1) is 0 Å². The minimum atomic E-state index is 0.186. The molecule has 4 heteroatoms. The number of H-pyrrole nitrogens is 1. The summed E-state index contributed by atoms with van der Waals surface area (Å²) < 4.78 is 0. The first-order valence-electron chi connectivity index (χ1n) is 5.23. The van der Waals surface area contributed by atoms with Crippen LogP contribution < -0.4 is 16.0 Å². The lowest BCUT2D eigenvalue weighted by Gasteiger charge is -2.15. The highest BCUT2D eigenvalue weighted by atomic mass is 15.3. The molecule has 1 aromatic carbocycles. The van der Waals surface area contributed by atoms with Crippen LogP contribution in [-0.4, -0.2) is 24.4 Å². The molecule has 1 aromatic heterocycles. The van der Waals surface area contributed by atoms with Gasteiger partial charge in [0.05, 0.1) is 0 Å². The summed E-state index contributed by atoms with van der Waals surface area (Å²) in [5.74, 6) is 0. The third kappa shape index (κ3) is 1.58. The van der Waals surface area contributed by atoms with Gasteiger partial charge in [-0.3, -0.25) is 10.6 Å². The van der Waals surface area contributed by atoms with Crippen molar-refractivity contribution in [2.45, 2.75) is 6.29 Å². The van der Waals surface area contributed by atoms with Gasteiger partial charge in [0.25, 0.3) is 0 Å². The van der Waals surface area contributed by atoms with E-state index in [1.807, 2.05) is 6.20 Å². The molecule has 0 amide bonds. The van der Waals surface area contributed by atoms with Crippen LogP contribution >= 0.6 is 0 Å². The van der Waals surface area contributed by atoms with E-state index < -0.39 is 0 Å². The number of benzene rings is 1. The topological polar surface area (TPSA) is 51.9 Å². The van der Waals surface area contributed by atoms with Gasteiger partial charge in [-0.25, -0.2) is 0 Å². The van der Waals surface area contributed by atoms with E-state index in [0.29, 0.717) is 0 Å². The molecule has 0 spiro atoms. The number of fused-ring (bicyclic) bond motifs is 1. The molecular weight excluding hydrogens is 188 g/mol. The fourth-order valence-corrected chi connectivity index (χ4v) is 1.97. The van der Waals surface area contributed by atoms with Crippen LogP contribution in [0.5, 0.6) is 0 Å². The van der Waals surface area contributed by atoms with Crippen molar-refractivity contribution in [1.82, 2.24) is 15.6 Å². The Labute approximate surface area is 88.1 Å². The van der Waals surface area contributed by atoms with Gasteiger partial charge in [0, 0.05) is 35.9 Å². The Balaban J connectivity index is 1.92. The summed E-state index contributed by atoms with van der Waals surface area (Å²) in [4.78, 5) is 3.20. The second-order valence-corrected chi connectivity index (χ2v) is 3.73. The van der Waals surface area contributed by atoms with Crippen molar-refractivity contribution in [2.75, 3.05) is 18.4 Å². The molecule has 4 nitrogen and oxygen atoms in total. The monoisotopic (exact) mass is 202 g/mol. The quantitative estimate of drug-likeness (QED) is 0.589. The number of aromatic nitrogens is 1. The van der Waals surface area contributed by atoms with Gasteiger partial charge in [-0.1, -0.05) is 6.07 Å². The molecule has 3 rings (SSSR count). The van der Waals surface area contributed by atoms with Crippen LogP contribution in [0.2, 0.25) is 0 Å². The van der Waals surface area contributed by atoms with Crippen molar-refractivity contribution in [2.24, 2.45) is 0 Å². The molecule has 4 N–H and O–H groups in total. The smallest absolute Gasteiger partial charge is 0.132 e. The van der Waals surface area contributed by atoms with Crippen LogP contribution in [-0.2, 0) is 0 Å². The number of aromatic amines is 1. The number of rotatable bonds is 2. The normalized spacial score (nSPS) is 17.3. The standard InChI is InChI=1S/C11H14N4/c1-2-9-8(4-5-12-9)10(3-1)15-11-13-6-7-14-11/h1-5,11-15H,6-7H2. The largest absolute Gasteiger partial charge is 0.361 e. The highest BCUT2D eigenvalue weighted by Gasteiger charge is 2.13. The van der Waals surface area contributed by atoms with E-state index in [0.717, 1.165) is 24.3 Å². The van der Waals surface area contributed by atoms with Crippen molar-refractivity contribution in [3.8, 4) is 0 Å². The maximum absolute atomic E-state index is 3.43. The summed E-state index contributed by atoms with van der Waals surface area (Å²) in [6.45, 7) is 2.03. The second-order valence-electron chi connectivity index (χ2n) is 3.73. The maximum atomic E-state index is 3.43. The average Bonchev–Trinajstić information content (AvgIpc) is 2.87. The minimum Gasteiger partial charge on any atom is -0.361 e. The Morgan fingerprint density at radius 2 is 2.00 bits per heavy atom. The van der Waals surface area contributed by atoms with E-state index in [-0.39, 0.29) is 6.29 Å². The predicted molar refractivity (Wildman–Crippen MR) is 61.7 cm³/mol. The zero-order chi connectivity index (χ0) is 10.1. The molecule has 2 heterocycles. The summed E-state index contributed by atoms with van der Waals surface area (Å²) in [5, 5.41) is 11.3. The molecule has 1 aliphatic rings. The van der Waals surface area contributed by atoms with Crippen LogP contribution in [0.3, 0.4) is 0 Å². The first-order chi connectivity index (χ1) is 7.43. The molecule has 0 radical (unpaired) electrons. The fraction of sp³-hybridized carbons (Fsp3) is 0.273. The Bertz CT molecular complexity index is 456. The summed E-state index contributed by atoms with van der Waals surface area (Å²) in [7, 11) is 0. The zero-order valence-corrected chi connectivity index (χ0v) is 8.38. The van der Waals surface area contributed by atoms with Crippen LogP contribution in [0.25, 0.3) is 10.9 Å². The van der Waals surface area contributed by atoms with Gasteiger partial charge < -0.3 is 10.3 Å². The number of anilines is 1. The lowest BCUT2D eigenvalue weighted by atomic mass is 10.2. The highest BCUT2D eigenvalue weighted by Crippen LogP contribution is 2.22. The Morgan fingerprint density at radius 3 is 2.87 bits per heavy atom. The van der Waals surface area contributed by atoms with E-state index in [1.54, 1.807) is 0 Å². The van der Waals surface area contributed by atoms with Crippen molar-refractivity contribution in [3.63, 3.8) is 0 Å². The van der Waals surface area contributed by atoms with Gasteiger partial charge in [0.1, 0.15) is 6.29 Å². The molecule has 0 unspecified atom stereocenters. The van der Waals surface area contributed by atoms with Crippen molar-refractivity contribution in [3.05, 3.63) is 30.5 Å². The van der Waals surface area contributed by atoms with Crippen molar-refractivity contribution >= 4 is 16.6 Å². The molecule has 1 fully saturated rings. The molecule has 78 valence electrons. The molecule has 1 saturated heterocycles. The molecule has 0 saturated carbocycles. The number of hydrogen-bond acceptors (Lipinski definition) is 3. The lowest BCUT2D eigenvalue weighted by molar-refractivity contribution is 0.621. The Hall–Kier alpha value is -1.52. The predicted octanol–water partition coefficient (Wildman–Crippen LogP) is 1.06.